The lowest BCUT2D eigenvalue weighted by Crippen LogP contribution is -2.24. The fourth-order valence-corrected chi connectivity index (χ4v) is 2.47. The Morgan fingerprint density at radius 3 is 2.14 bits per heavy atom. The molecule has 0 aromatic heterocycles. The fourth-order valence-electron chi connectivity index (χ4n) is 2.47. The number of anilines is 1. The summed E-state index contributed by atoms with van der Waals surface area (Å²) in [5.41, 5.74) is 4.48. The lowest BCUT2D eigenvalue weighted by molar-refractivity contribution is 0.185. The van der Waals surface area contributed by atoms with Crippen LogP contribution in [0.25, 0.3) is 0 Å². The smallest absolute Gasteiger partial charge is 0.118 e. The second-order valence-electron chi connectivity index (χ2n) is 5.52. The van der Waals surface area contributed by atoms with Gasteiger partial charge in [-0.05, 0) is 54.8 Å². The summed E-state index contributed by atoms with van der Waals surface area (Å²) in [5.74, 6) is 0.800. The van der Waals surface area contributed by atoms with Crippen molar-refractivity contribution in [2.24, 2.45) is 0 Å². The van der Waals surface area contributed by atoms with Crippen molar-refractivity contribution < 1.29 is 9.84 Å². The second-order valence-corrected chi connectivity index (χ2v) is 5.52. The molecule has 2 aromatic rings. The van der Waals surface area contributed by atoms with Crippen LogP contribution in [0.15, 0.2) is 42.5 Å². The first-order valence-electron chi connectivity index (χ1n) is 7.11. The number of aliphatic hydroxyl groups is 1. The van der Waals surface area contributed by atoms with Gasteiger partial charge in [0.1, 0.15) is 5.75 Å². The van der Waals surface area contributed by atoms with Gasteiger partial charge in [-0.1, -0.05) is 18.2 Å². The maximum Gasteiger partial charge on any atom is 0.118 e. The largest absolute Gasteiger partial charge is 0.497 e. The van der Waals surface area contributed by atoms with Crippen LogP contribution in [0.5, 0.6) is 5.75 Å². The van der Waals surface area contributed by atoms with E-state index in [1.807, 2.05) is 31.3 Å². The Kier molecular flexibility index (Phi) is 4.86. The first kappa shape index (κ1) is 15.4. The minimum absolute atomic E-state index is 0.526. The Morgan fingerprint density at radius 2 is 1.62 bits per heavy atom. The van der Waals surface area contributed by atoms with Crippen LogP contribution in [0.3, 0.4) is 0 Å². The average molecular weight is 285 g/mol. The Morgan fingerprint density at radius 1 is 1.05 bits per heavy atom. The zero-order valence-electron chi connectivity index (χ0n) is 13.1. The third-order valence-electron chi connectivity index (χ3n) is 3.59. The molecule has 21 heavy (non-hydrogen) atoms. The van der Waals surface area contributed by atoms with E-state index in [1.165, 1.54) is 11.1 Å². The number of hydrogen-bond donors (Lipinski definition) is 1. The Labute approximate surface area is 126 Å². The van der Waals surface area contributed by atoms with Gasteiger partial charge in [0.2, 0.25) is 0 Å². The lowest BCUT2D eigenvalue weighted by Gasteiger charge is -2.24. The van der Waals surface area contributed by atoms with E-state index in [9.17, 15) is 5.11 Å². The molecule has 1 N–H and O–H groups in total. The van der Waals surface area contributed by atoms with Crippen molar-refractivity contribution in [1.82, 2.24) is 0 Å². The number of likely N-dealkylation sites (N-methyl/N-ethyl adjacent to an activating group) is 1. The Balaban J connectivity index is 2.08. The first-order chi connectivity index (χ1) is 9.99. The predicted molar refractivity (Wildman–Crippen MR) is 87.1 cm³/mol. The van der Waals surface area contributed by atoms with Crippen molar-refractivity contribution in [2.75, 3.05) is 25.6 Å². The monoisotopic (exact) mass is 285 g/mol. The fraction of sp³-hybridized carbons (Fsp3) is 0.333. The van der Waals surface area contributed by atoms with E-state index in [2.05, 4.69) is 36.9 Å². The van der Waals surface area contributed by atoms with Crippen LogP contribution in [0.4, 0.5) is 5.69 Å². The zero-order chi connectivity index (χ0) is 15.4. The number of benzene rings is 2. The highest BCUT2D eigenvalue weighted by Crippen LogP contribution is 2.22. The van der Waals surface area contributed by atoms with Gasteiger partial charge in [0.25, 0.3) is 0 Å². The number of ether oxygens (including phenoxy) is 1. The maximum atomic E-state index is 10.4. The lowest BCUT2D eigenvalue weighted by atomic mass is 10.1. The summed E-state index contributed by atoms with van der Waals surface area (Å²) in [6.07, 6.45) is -0.526. The van der Waals surface area contributed by atoms with Gasteiger partial charge in [-0.3, -0.25) is 0 Å². The molecule has 2 aromatic carbocycles. The van der Waals surface area contributed by atoms with Crippen LogP contribution in [-0.2, 0) is 0 Å². The highest BCUT2D eigenvalue weighted by atomic mass is 16.5. The summed E-state index contributed by atoms with van der Waals surface area (Å²) in [6, 6.07) is 14.0. The molecule has 0 bridgehead atoms. The number of aryl methyl sites for hydroxylation is 2. The summed E-state index contributed by atoms with van der Waals surface area (Å²) < 4.78 is 5.13. The van der Waals surface area contributed by atoms with Gasteiger partial charge in [0.15, 0.2) is 0 Å². The third-order valence-corrected chi connectivity index (χ3v) is 3.59. The first-order valence-corrected chi connectivity index (χ1v) is 7.11. The van der Waals surface area contributed by atoms with E-state index >= 15 is 0 Å². The molecular weight excluding hydrogens is 262 g/mol. The molecule has 0 saturated heterocycles. The molecular formula is C18H23NO2. The molecule has 0 radical (unpaired) electrons. The van der Waals surface area contributed by atoms with E-state index in [-0.39, 0.29) is 0 Å². The second kappa shape index (κ2) is 6.64. The van der Waals surface area contributed by atoms with Crippen molar-refractivity contribution in [2.45, 2.75) is 20.0 Å². The number of rotatable bonds is 5. The van der Waals surface area contributed by atoms with Crippen LogP contribution >= 0.6 is 0 Å². The minimum Gasteiger partial charge on any atom is -0.497 e. The van der Waals surface area contributed by atoms with E-state index in [0.717, 1.165) is 17.0 Å². The van der Waals surface area contributed by atoms with Gasteiger partial charge in [-0.15, -0.1) is 0 Å². The van der Waals surface area contributed by atoms with Gasteiger partial charge in [-0.25, -0.2) is 0 Å². The molecule has 2 rings (SSSR count). The number of hydrogen-bond acceptors (Lipinski definition) is 3. The quantitative estimate of drug-likeness (QED) is 0.913. The van der Waals surface area contributed by atoms with Crippen molar-refractivity contribution >= 4 is 5.69 Å². The molecule has 112 valence electrons. The highest BCUT2D eigenvalue weighted by Gasteiger charge is 2.12. The van der Waals surface area contributed by atoms with Crippen molar-refractivity contribution in [1.29, 1.82) is 0 Å². The molecule has 0 heterocycles. The molecule has 0 saturated carbocycles. The molecule has 1 atom stereocenters. The molecule has 0 aliphatic carbocycles. The summed E-state index contributed by atoms with van der Waals surface area (Å²) in [6.45, 7) is 4.73. The summed E-state index contributed by atoms with van der Waals surface area (Å²) in [4.78, 5) is 2.08. The molecule has 1 unspecified atom stereocenters. The van der Waals surface area contributed by atoms with Gasteiger partial charge in [0.05, 0.1) is 13.2 Å². The van der Waals surface area contributed by atoms with E-state index in [0.29, 0.717) is 6.54 Å². The zero-order valence-corrected chi connectivity index (χ0v) is 13.1. The summed E-state index contributed by atoms with van der Waals surface area (Å²) >= 11 is 0. The molecule has 0 aliphatic heterocycles. The SMILES string of the molecule is COc1ccc(C(O)CN(C)c2cc(C)cc(C)c2)cc1. The van der Waals surface area contributed by atoms with Crippen molar-refractivity contribution in [3.05, 3.63) is 59.2 Å². The van der Waals surface area contributed by atoms with Crippen molar-refractivity contribution in [3.63, 3.8) is 0 Å². The molecule has 0 fully saturated rings. The van der Waals surface area contributed by atoms with Gasteiger partial charge in [0, 0.05) is 19.3 Å². The Bertz CT molecular complexity index is 572. The molecule has 3 nitrogen and oxygen atoms in total. The van der Waals surface area contributed by atoms with Crippen molar-refractivity contribution in [3.8, 4) is 5.75 Å². The van der Waals surface area contributed by atoms with E-state index in [4.69, 9.17) is 4.74 Å². The predicted octanol–water partition coefficient (Wildman–Crippen LogP) is 3.48. The highest BCUT2D eigenvalue weighted by molar-refractivity contribution is 5.50. The Hall–Kier alpha value is -2.00. The third kappa shape index (κ3) is 3.99. The molecule has 3 heteroatoms. The summed E-state index contributed by atoms with van der Waals surface area (Å²) in [5, 5.41) is 10.4. The van der Waals surface area contributed by atoms with Crippen LogP contribution in [0.2, 0.25) is 0 Å². The number of methoxy groups -OCH3 is 1. The topological polar surface area (TPSA) is 32.7 Å². The van der Waals surface area contributed by atoms with Gasteiger partial charge >= 0.3 is 0 Å². The van der Waals surface area contributed by atoms with Crippen LogP contribution in [0.1, 0.15) is 22.8 Å². The van der Waals surface area contributed by atoms with Crippen LogP contribution < -0.4 is 9.64 Å². The average Bonchev–Trinajstić information content (AvgIpc) is 2.46. The molecule has 0 aliphatic rings. The van der Waals surface area contributed by atoms with Crippen LogP contribution in [0, 0.1) is 13.8 Å². The van der Waals surface area contributed by atoms with Crippen LogP contribution in [-0.4, -0.2) is 25.8 Å². The maximum absolute atomic E-state index is 10.4. The molecule has 0 spiro atoms. The molecule has 0 amide bonds. The summed E-state index contributed by atoms with van der Waals surface area (Å²) in [7, 11) is 3.64. The number of nitrogens with zero attached hydrogens (tertiary/aromatic N) is 1. The van der Waals surface area contributed by atoms with Gasteiger partial charge < -0.3 is 14.7 Å². The standard InChI is InChI=1S/C18H23NO2/c1-13-9-14(2)11-16(10-13)19(3)12-18(20)15-5-7-17(21-4)8-6-15/h5-11,18,20H,12H2,1-4H3. The van der Waals surface area contributed by atoms with E-state index < -0.39 is 6.10 Å². The normalized spacial score (nSPS) is 12.0. The van der Waals surface area contributed by atoms with E-state index in [1.54, 1.807) is 7.11 Å². The number of aliphatic hydroxyl groups excluding tert-OH is 1. The minimum atomic E-state index is -0.526. The van der Waals surface area contributed by atoms with Gasteiger partial charge in [-0.2, -0.15) is 0 Å².